The van der Waals surface area contributed by atoms with Crippen LogP contribution in [0.4, 0.5) is 0 Å². The van der Waals surface area contributed by atoms with Crippen LogP contribution in [-0.4, -0.2) is 31.3 Å². The maximum atomic E-state index is 10.4. The minimum absolute atomic E-state index is 0.271. The third-order valence-corrected chi connectivity index (χ3v) is 2.09. The smallest absolute Gasteiger partial charge is 0.328 e. The van der Waals surface area contributed by atoms with Crippen LogP contribution >= 0.6 is 0 Å². The molecular weight excluding hydrogens is 234 g/mol. The Morgan fingerprint density at radius 1 is 1.50 bits per heavy atom. The van der Waals surface area contributed by atoms with E-state index in [9.17, 15) is 4.79 Å². The van der Waals surface area contributed by atoms with E-state index >= 15 is 0 Å². The van der Waals surface area contributed by atoms with Gasteiger partial charge >= 0.3 is 5.97 Å². The van der Waals surface area contributed by atoms with Crippen molar-refractivity contribution in [1.29, 1.82) is 5.26 Å². The van der Waals surface area contributed by atoms with Gasteiger partial charge in [0.2, 0.25) is 0 Å². The standard InChI is InChI=1S/C11H7N5O2/c12-7-8-2-1-3-9(6-8)16-10(13-14-15-16)4-5-11(17)18/h1-6H,(H,17,18)/b5-4+. The Kier molecular flexibility index (Phi) is 3.11. The lowest BCUT2D eigenvalue weighted by Crippen LogP contribution is -2.00. The lowest BCUT2D eigenvalue weighted by molar-refractivity contribution is -0.131. The van der Waals surface area contributed by atoms with Gasteiger partial charge in [-0.15, -0.1) is 5.10 Å². The molecule has 88 valence electrons. The van der Waals surface area contributed by atoms with E-state index in [0.29, 0.717) is 11.3 Å². The quantitative estimate of drug-likeness (QED) is 0.790. The van der Waals surface area contributed by atoms with Crippen LogP contribution in [0.15, 0.2) is 30.3 Å². The SMILES string of the molecule is N#Cc1cccc(-n2nnnc2/C=C/C(=O)O)c1. The molecule has 0 aliphatic carbocycles. The summed E-state index contributed by atoms with van der Waals surface area (Å²) in [5.74, 6) is -0.817. The van der Waals surface area contributed by atoms with E-state index in [0.717, 1.165) is 6.08 Å². The lowest BCUT2D eigenvalue weighted by atomic mass is 10.2. The largest absolute Gasteiger partial charge is 0.478 e. The Balaban J connectivity index is 2.42. The molecule has 1 N–H and O–H groups in total. The maximum absolute atomic E-state index is 10.4. The van der Waals surface area contributed by atoms with Crippen molar-refractivity contribution in [3.63, 3.8) is 0 Å². The number of benzene rings is 1. The van der Waals surface area contributed by atoms with Gasteiger partial charge in [0.15, 0.2) is 5.82 Å². The summed E-state index contributed by atoms with van der Waals surface area (Å²) in [6.07, 6.45) is 2.22. The number of aliphatic carboxylic acids is 1. The molecule has 0 atom stereocenters. The highest BCUT2D eigenvalue weighted by atomic mass is 16.4. The highest BCUT2D eigenvalue weighted by Gasteiger charge is 2.06. The molecule has 0 radical (unpaired) electrons. The fourth-order valence-electron chi connectivity index (χ4n) is 1.33. The Labute approximate surface area is 102 Å². The van der Waals surface area contributed by atoms with Gasteiger partial charge in [-0.3, -0.25) is 0 Å². The average Bonchev–Trinajstić information content (AvgIpc) is 2.84. The van der Waals surface area contributed by atoms with E-state index in [2.05, 4.69) is 15.5 Å². The summed E-state index contributed by atoms with van der Waals surface area (Å²) >= 11 is 0. The third-order valence-electron chi connectivity index (χ3n) is 2.09. The zero-order valence-electron chi connectivity index (χ0n) is 9.06. The molecule has 0 aliphatic rings. The van der Waals surface area contributed by atoms with Gasteiger partial charge in [0, 0.05) is 6.08 Å². The number of nitriles is 1. The average molecular weight is 241 g/mol. The number of hydrogen-bond acceptors (Lipinski definition) is 5. The fourth-order valence-corrected chi connectivity index (χ4v) is 1.33. The Hall–Kier alpha value is -3.01. The van der Waals surface area contributed by atoms with Crippen LogP contribution in [0.25, 0.3) is 11.8 Å². The van der Waals surface area contributed by atoms with Gasteiger partial charge in [0.25, 0.3) is 0 Å². The topological polar surface area (TPSA) is 105 Å². The predicted octanol–water partition coefficient (Wildman–Crippen LogP) is 0.632. The van der Waals surface area contributed by atoms with Crippen molar-refractivity contribution in [2.24, 2.45) is 0 Å². The molecule has 0 fully saturated rings. The monoisotopic (exact) mass is 241 g/mol. The highest BCUT2D eigenvalue weighted by Crippen LogP contribution is 2.10. The molecule has 1 aromatic carbocycles. The van der Waals surface area contributed by atoms with Crippen LogP contribution in [0.1, 0.15) is 11.4 Å². The first-order valence-corrected chi connectivity index (χ1v) is 4.90. The van der Waals surface area contributed by atoms with Gasteiger partial charge in [-0.1, -0.05) is 6.07 Å². The number of aromatic nitrogens is 4. The molecule has 0 bridgehead atoms. The van der Waals surface area contributed by atoms with E-state index < -0.39 is 5.97 Å². The molecule has 1 aromatic heterocycles. The van der Waals surface area contributed by atoms with Gasteiger partial charge in [-0.05, 0) is 34.7 Å². The van der Waals surface area contributed by atoms with E-state index in [1.807, 2.05) is 6.07 Å². The number of carboxylic acids is 1. The second-order valence-electron chi connectivity index (χ2n) is 3.28. The molecule has 0 unspecified atom stereocenters. The molecule has 18 heavy (non-hydrogen) atoms. The van der Waals surface area contributed by atoms with Crippen molar-refractivity contribution in [1.82, 2.24) is 20.2 Å². The van der Waals surface area contributed by atoms with Gasteiger partial charge in [0.05, 0.1) is 17.3 Å². The molecule has 2 rings (SSSR count). The van der Waals surface area contributed by atoms with Gasteiger partial charge in [0.1, 0.15) is 0 Å². The Bertz CT molecular complexity index is 653. The van der Waals surface area contributed by atoms with Crippen molar-refractivity contribution < 1.29 is 9.90 Å². The first kappa shape index (κ1) is 11.5. The zero-order valence-corrected chi connectivity index (χ0v) is 9.06. The van der Waals surface area contributed by atoms with E-state index in [1.165, 1.54) is 10.8 Å². The van der Waals surface area contributed by atoms with Crippen molar-refractivity contribution in [2.45, 2.75) is 0 Å². The number of tetrazole rings is 1. The van der Waals surface area contributed by atoms with Gasteiger partial charge < -0.3 is 5.11 Å². The molecule has 1 heterocycles. The number of nitrogens with zero attached hydrogens (tertiary/aromatic N) is 5. The molecule has 0 aliphatic heterocycles. The number of carboxylic acid groups (broad SMARTS) is 1. The molecule has 0 saturated heterocycles. The molecule has 7 nitrogen and oxygen atoms in total. The second kappa shape index (κ2) is 4.88. The summed E-state index contributed by atoms with van der Waals surface area (Å²) in [5, 5.41) is 28.2. The van der Waals surface area contributed by atoms with Crippen LogP contribution in [0, 0.1) is 11.3 Å². The Morgan fingerprint density at radius 2 is 2.33 bits per heavy atom. The summed E-state index contributed by atoms with van der Waals surface area (Å²) in [6, 6.07) is 8.68. The summed E-state index contributed by atoms with van der Waals surface area (Å²) in [4.78, 5) is 10.4. The number of carbonyl (C=O) groups is 1. The van der Waals surface area contributed by atoms with Crippen molar-refractivity contribution in [3.8, 4) is 11.8 Å². The van der Waals surface area contributed by atoms with Crippen molar-refractivity contribution in [3.05, 3.63) is 41.7 Å². The minimum atomic E-state index is -1.09. The van der Waals surface area contributed by atoms with Crippen molar-refractivity contribution >= 4 is 12.0 Å². The van der Waals surface area contributed by atoms with E-state index in [4.69, 9.17) is 10.4 Å². The molecule has 0 spiro atoms. The molecular formula is C11H7N5O2. The normalized spacial score (nSPS) is 10.4. The summed E-state index contributed by atoms with van der Waals surface area (Å²) in [6.45, 7) is 0. The first-order chi connectivity index (χ1) is 8.70. The van der Waals surface area contributed by atoms with Gasteiger partial charge in [-0.2, -0.15) is 9.94 Å². The molecule has 0 amide bonds. The first-order valence-electron chi connectivity index (χ1n) is 4.90. The minimum Gasteiger partial charge on any atom is -0.478 e. The summed E-state index contributed by atoms with van der Waals surface area (Å²) < 4.78 is 1.35. The number of hydrogen-bond donors (Lipinski definition) is 1. The van der Waals surface area contributed by atoms with Crippen LogP contribution in [0.3, 0.4) is 0 Å². The Morgan fingerprint density at radius 3 is 3.06 bits per heavy atom. The maximum Gasteiger partial charge on any atom is 0.328 e. The molecule has 7 heteroatoms. The highest BCUT2D eigenvalue weighted by molar-refractivity contribution is 5.84. The zero-order chi connectivity index (χ0) is 13.0. The van der Waals surface area contributed by atoms with Crippen LogP contribution in [-0.2, 0) is 4.79 Å². The van der Waals surface area contributed by atoms with Crippen molar-refractivity contribution in [2.75, 3.05) is 0 Å². The van der Waals surface area contributed by atoms with Crippen LogP contribution < -0.4 is 0 Å². The fraction of sp³-hybridized carbons (Fsp3) is 0. The summed E-state index contributed by atoms with van der Waals surface area (Å²) in [5.41, 5.74) is 1.06. The van der Waals surface area contributed by atoms with Gasteiger partial charge in [-0.25, -0.2) is 4.79 Å². The summed E-state index contributed by atoms with van der Waals surface area (Å²) in [7, 11) is 0. The number of rotatable bonds is 3. The van der Waals surface area contributed by atoms with Crippen LogP contribution in [0.2, 0.25) is 0 Å². The third kappa shape index (κ3) is 2.38. The van der Waals surface area contributed by atoms with Crippen LogP contribution in [0.5, 0.6) is 0 Å². The second-order valence-corrected chi connectivity index (χ2v) is 3.28. The van der Waals surface area contributed by atoms with E-state index in [-0.39, 0.29) is 5.82 Å². The molecule has 0 saturated carbocycles. The molecule has 2 aromatic rings. The van der Waals surface area contributed by atoms with E-state index in [1.54, 1.807) is 24.3 Å². The predicted molar refractivity (Wildman–Crippen MR) is 60.5 cm³/mol. The lowest BCUT2D eigenvalue weighted by Gasteiger charge is -2.01.